The molecule has 1 rings (SSSR count). The third-order valence-corrected chi connectivity index (χ3v) is 3.77. The molecule has 0 aromatic heterocycles. The summed E-state index contributed by atoms with van der Waals surface area (Å²) in [7, 11) is 0. The first-order chi connectivity index (χ1) is 12.4. The predicted octanol–water partition coefficient (Wildman–Crippen LogP) is 4.85. The van der Waals surface area contributed by atoms with Crippen molar-refractivity contribution in [3.05, 3.63) is 52.6 Å². The summed E-state index contributed by atoms with van der Waals surface area (Å²) < 4.78 is 0. The fourth-order valence-corrected chi connectivity index (χ4v) is 2.19. The van der Waals surface area contributed by atoms with E-state index in [4.69, 9.17) is 11.6 Å². The normalized spacial score (nSPS) is 11.3. The van der Waals surface area contributed by atoms with Gasteiger partial charge in [0.1, 0.15) is 0 Å². The monoisotopic (exact) mass is 375 g/mol. The largest absolute Gasteiger partial charge is 0.325 e. The Morgan fingerprint density at radius 1 is 1.08 bits per heavy atom. The second-order valence-electron chi connectivity index (χ2n) is 6.17. The van der Waals surface area contributed by atoms with Crippen molar-refractivity contribution in [3.8, 4) is 0 Å². The number of hydrogen-bond acceptors (Lipinski definition) is 3. The number of carbonyl (C=O) groups excluding carboxylic acids is 2. The number of allylic oxidation sites excluding steroid dienone is 4. The lowest BCUT2D eigenvalue weighted by Gasteiger charge is -2.06. The van der Waals surface area contributed by atoms with Crippen LogP contribution in [0, 0.1) is 0 Å². The molecule has 140 valence electrons. The van der Waals surface area contributed by atoms with E-state index in [1.807, 2.05) is 13.0 Å². The minimum atomic E-state index is -0.314. The fraction of sp³-hybridized carbons (Fsp3) is 0.350. The molecule has 5 nitrogen and oxygen atoms in total. The van der Waals surface area contributed by atoms with E-state index in [0.29, 0.717) is 10.7 Å². The highest BCUT2D eigenvalue weighted by Crippen LogP contribution is 2.20. The van der Waals surface area contributed by atoms with Gasteiger partial charge in [-0.25, -0.2) is 5.43 Å². The molecule has 0 fully saturated rings. The van der Waals surface area contributed by atoms with Crippen LogP contribution in [0.15, 0.2) is 52.7 Å². The summed E-state index contributed by atoms with van der Waals surface area (Å²) in [5, 5.41) is 6.99. The molecule has 1 aromatic carbocycles. The van der Waals surface area contributed by atoms with Crippen LogP contribution in [0.5, 0.6) is 0 Å². The zero-order valence-electron chi connectivity index (χ0n) is 15.5. The number of halogens is 1. The van der Waals surface area contributed by atoms with Gasteiger partial charge in [0.25, 0.3) is 0 Å². The molecule has 0 spiro atoms. The zero-order chi connectivity index (χ0) is 19.4. The third kappa shape index (κ3) is 9.79. The number of hydrazone groups is 1. The van der Waals surface area contributed by atoms with Crippen LogP contribution in [0.4, 0.5) is 5.69 Å². The third-order valence-electron chi connectivity index (χ3n) is 3.44. The van der Waals surface area contributed by atoms with Crippen molar-refractivity contribution >= 4 is 35.3 Å². The summed E-state index contributed by atoms with van der Waals surface area (Å²) >= 11 is 5.97. The zero-order valence-corrected chi connectivity index (χ0v) is 16.3. The molecule has 6 heteroatoms. The van der Waals surface area contributed by atoms with E-state index < -0.39 is 0 Å². The number of nitrogens with one attached hydrogen (secondary N) is 2. The summed E-state index contributed by atoms with van der Waals surface area (Å²) in [6, 6.07) is 6.95. The van der Waals surface area contributed by atoms with Crippen LogP contribution < -0.4 is 10.7 Å². The number of rotatable bonds is 9. The molecule has 0 aliphatic carbocycles. The van der Waals surface area contributed by atoms with Gasteiger partial charge in [-0.1, -0.05) is 41.0 Å². The second kappa shape index (κ2) is 12.0. The van der Waals surface area contributed by atoms with Crippen LogP contribution in [0.25, 0.3) is 0 Å². The van der Waals surface area contributed by atoms with Crippen molar-refractivity contribution in [2.45, 2.75) is 46.5 Å². The molecule has 2 N–H and O–H groups in total. The number of carbonyl (C=O) groups is 2. The van der Waals surface area contributed by atoms with Crippen molar-refractivity contribution in [2.24, 2.45) is 5.10 Å². The number of para-hydroxylation sites is 1. The molecule has 26 heavy (non-hydrogen) atoms. The molecule has 2 amide bonds. The molecular weight excluding hydrogens is 350 g/mol. The van der Waals surface area contributed by atoms with E-state index in [1.54, 1.807) is 30.5 Å². The van der Waals surface area contributed by atoms with Crippen LogP contribution in [0.2, 0.25) is 5.02 Å². The molecule has 1 aromatic rings. The van der Waals surface area contributed by atoms with Gasteiger partial charge in [-0.05, 0) is 51.8 Å². The van der Waals surface area contributed by atoms with Crippen LogP contribution in [-0.2, 0) is 9.59 Å². The Morgan fingerprint density at radius 2 is 1.77 bits per heavy atom. The maximum absolute atomic E-state index is 11.8. The number of nitrogens with zero attached hydrogens (tertiary/aromatic N) is 1. The lowest BCUT2D eigenvalue weighted by molar-refractivity contribution is -0.124. The summed E-state index contributed by atoms with van der Waals surface area (Å²) in [6.07, 6.45) is 7.66. The van der Waals surface area contributed by atoms with Gasteiger partial charge in [0.15, 0.2) is 0 Å². The SMILES string of the molecule is CC(C)=CCC/C(C)=C/C=N\NC(=O)CCC(=O)Nc1ccccc1Cl. The van der Waals surface area contributed by atoms with Gasteiger partial charge >= 0.3 is 0 Å². The first kappa shape index (κ1) is 21.6. The van der Waals surface area contributed by atoms with Crippen LogP contribution in [-0.4, -0.2) is 18.0 Å². The van der Waals surface area contributed by atoms with Crippen molar-refractivity contribution in [1.82, 2.24) is 5.43 Å². The highest BCUT2D eigenvalue weighted by Gasteiger charge is 2.08. The molecule has 0 radical (unpaired) electrons. The highest BCUT2D eigenvalue weighted by molar-refractivity contribution is 6.33. The van der Waals surface area contributed by atoms with Crippen molar-refractivity contribution in [2.75, 3.05) is 5.32 Å². The van der Waals surface area contributed by atoms with Gasteiger partial charge in [-0.15, -0.1) is 0 Å². The van der Waals surface area contributed by atoms with E-state index in [2.05, 4.69) is 35.8 Å². The van der Waals surface area contributed by atoms with Crippen molar-refractivity contribution in [1.29, 1.82) is 0 Å². The molecule has 0 saturated heterocycles. The number of anilines is 1. The van der Waals surface area contributed by atoms with E-state index in [1.165, 1.54) is 11.1 Å². The van der Waals surface area contributed by atoms with E-state index in [9.17, 15) is 9.59 Å². The molecule has 0 saturated carbocycles. The van der Waals surface area contributed by atoms with Gasteiger partial charge in [0.2, 0.25) is 11.8 Å². The number of amides is 2. The fourth-order valence-electron chi connectivity index (χ4n) is 2.00. The van der Waals surface area contributed by atoms with Gasteiger partial charge < -0.3 is 5.32 Å². The topological polar surface area (TPSA) is 70.6 Å². The standard InChI is InChI=1S/C20H26ClN3O2/c1-15(2)7-6-8-16(3)13-14-22-24-20(26)12-11-19(25)23-18-10-5-4-9-17(18)21/h4-5,7,9-10,13-14H,6,8,11-12H2,1-3H3,(H,23,25)(H,24,26)/b16-13+,22-14-. The van der Waals surface area contributed by atoms with E-state index in [-0.39, 0.29) is 24.7 Å². The number of benzene rings is 1. The maximum Gasteiger partial charge on any atom is 0.240 e. The Hall–Kier alpha value is -2.40. The smallest absolute Gasteiger partial charge is 0.240 e. The molecule has 0 atom stereocenters. The molecular formula is C20H26ClN3O2. The maximum atomic E-state index is 11.8. The summed E-state index contributed by atoms with van der Waals surface area (Å²) in [5.74, 6) is -0.585. The Balaban J connectivity index is 2.28. The lowest BCUT2D eigenvalue weighted by atomic mass is 10.1. The van der Waals surface area contributed by atoms with Gasteiger partial charge in [0.05, 0.1) is 10.7 Å². The van der Waals surface area contributed by atoms with E-state index >= 15 is 0 Å². The second-order valence-corrected chi connectivity index (χ2v) is 6.58. The average molecular weight is 376 g/mol. The van der Waals surface area contributed by atoms with Gasteiger partial charge in [0, 0.05) is 19.1 Å². The summed E-state index contributed by atoms with van der Waals surface area (Å²) in [5.41, 5.74) is 5.43. The van der Waals surface area contributed by atoms with Crippen LogP contribution in [0.1, 0.15) is 46.5 Å². The van der Waals surface area contributed by atoms with Gasteiger partial charge in [-0.3, -0.25) is 9.59 Å². The summed E-state index contributed by atoms with van der Waals surface area (Å²) in [4.78, 5) is 23.5. The minimum Gasteiger partial charge on any atom is -0.325 e. The van der Waals surface area contributed by atoms with Crippen LogP contribution >= 0.6 is 11.6 Å². The molecule has 0 aliphatic rings. The molecule has 0 aliphatic heterocycles. The van der Waals surface area contributed by atoms with Crippen molar-refractivity contribution < 1.29 is 9.59 Å². The van der Waals surface area contributed by atoms with Crippen LogP contribution in [0.3, 0.4) is 0 Å². The lowest BCUT2D eigenvalue weighted by Crippen LogP contribution is -2.20. The first-order valence-corrected chi connectivity index (χ1v) is 8.91. The first-order valence-electron chi connectivity index (χ1n) is 8.54. The Morgan fingerprint density at radius 3 is 2.46 bits per heavy atom. The molecule has 0 unspecified atom stereocenters. The predicted molar refractivity (Wildman–Crippen MR) is 108 cm³/mol. The van der Waals surface area contributed by atoms with Crippen molar-refractivity contribution in [3.63, 3.8) is 0 Å². The Labute approximate surface area is 160 Å². The Bertz CT molecular complexity index is 705. The minimum absolute atomic E-state index is 0.0525. The molecule has 0 bridgehead atoms. The quantitative estimate of drug-likeness (QED) is 0.368. The average Bonchev–Trinajstić information content (AvgIpc) is 2.58. The molecule has 0 heterocycles. The summed E-state index contributed by atoms with van der Waals surface area (Å²) in [6.45, 7) is 6.17. The van der Waals surface area contributed by atoms with E-state index in [0.717, 1.165) is 12.8 Å². The van der Waals surface area contributed by atoms with Gasteiger partial charge in [-0.2, -0.15) is 5.10 Å². The number of hydrogen-bond donors (Lipinski definition) is 2. The Kier molecular flexibility index (Phi) is 10.0. The highest BCUT2D eigenvalue weighted by atomic mass is 35.5.